The van der Waals surface area contributed by atoms with Gasteiger partial charge in [-0.15, -0.1) is 0 Å². The van der Waals surface area contributed by atoms with Crippen molar-refractivity contribution in [1.29, 1.82) is 0 Å². The predicted octanol–water partition coefficient (Wildman–Crippen LogP) is 6.08. The van der Waals surface area contributed by atoms with Crippen molar-refractivity contribution in [2.45, 2.75) is 116 Å². The normalized spacial score (nSPS) is 20.6. The maximum Gasteiger partial charge on any atom is 0.494 e. The summed E-state index contributed by atoms with van der Waals surface area (Å²) >= 11 is 0. The van der Waals surface area contributed by atoms with Crippen molar-refractivity contribution in [2.75, 3.05) is 13.2 Å². The Labute approximate surface area is 242 Å². The molecule has 8 heteroatoms. The first-order valence-electron chi connectivity index (χ1n) is 15.0. The van der Waals surface area contributed by atoms with Gasteiger partial charge >= 0.3 is 14.2 Å². The Morgan fingerprint density at radius 3 is 1.02 bits per heavy atom. The maximum absolute atomic E-state index is 6.13. The van der Waals surface area contributed by atoms with Crippen LogP contribution in [0.3, 0.4) is 0 Å². The van der Waals surface area contributed by atoms with Crippen LogP contribution in [-0.4, -0.2) is 49.9 Å². The average molecular weight is 550 g/mol. The fraction of sp³-hybridized carbons (Fsp3) is 0.625. The molecule has 0 N–H and O–H groups in total. The fourth-order valence-electron chi connectivity index (χ4n) is 4.69. The summed E-state index contributed by atoms with van der Waals surface area (Å²) in [4.78, 5) is 0. The van der Waals surface area contributed by atoms with Gasteiger partial charge in [-0.2, -0.15) is 0 Å². The number of hydrogen-bond acceptors (Lipinski definition) is 6. The van der Waals surface area contributed by atoms with Gasteiger partial charge in [0.25, 0.3) is 0 Å². The van der Waals surface area contributed by atoms with Crippen LogP contribution in [0.5, 0.6) is 11.5 Å². The first-order chi connectivity index (χ1) is 18.8. The Bertz CT molecular complexity index is 962. The highest BCUT2D eigenvalue weighted by atomic mass is 16.7. The van der Waals surface area contributed by atoms with E-state index in [1.54, 1.807) is 0 Å². The van der Waals surface area contributed by atoms with E-state index in [2.05, 4.69) is 55.4 Å². The lowest BCUT2D eigenvalue weighted by molar-refractivity contribution is 0.00578. The summed E-state index contributed by atoms with van der Waals surface area (Å²) in [5.41, 5.74) is 0.722. The Morgan fingerprint density at radius 2 is 0.725 bits per heavy atom. The molecule has 218 valence electrons. The third-order valence-corrected chi connectivity index (χ3v) is 8.89. The summed E-state index contributed by atoms with van der Waals surface area (Å²) in [6.07, 6.45) is 6.90. The van der Waals surface area contributed by atoms with Crippen molar-refractivity contribution in [1.82, 2.24) is 0 Å². The van der Waals surface area contributed by atoms with Crippen LogP contribution in [0.1, 0.15) is 93.9 Å². The van der Waals surface area contributed by atoms with Crippen molar-refractivity contribution in [3.63, 3.8) is 0 Å². The standard InChI is InChI=1S/C32H48B2O6/c1-29(2)30(3,4)38-33(37-29)25-15-19-27(20-16-25)35-23-13-11-9-10-12-14-24-36-28-21-17-26(18-22-28)34-39-31(5,6)32(7,8)40-34/h15-22H,9-14,23-24H2,1-8H3. The van der Waals surface area contributed by atoms with E-state index in [0.717, 1.165) is 48.5 Å². The number of ether oxygens (including phenoxy) is 2. The molecule has 2 aliphatic rings. The van der Waals surface area contributed by atoms with E-state index in [-0.39, 0.29) is 36.6 Å². The molecule has 40 heavy (non-hydrogen) atoms. The molecule has 0 bridgehead atoms. The van der Waals surface area contributed by atoms with E-state index in [1.165, 1.54) is 25.7 Å². The molecular weight excluding hydrogens is 502 g/mol. The second-order valence-corrected chi connectivity index (χ2v) is 13.1. The van der Waals surface area contributed by atoms with E-state index in [9.17, 15) is 0 Å². The van der Waals surface area contributed by atoms with Crippen molar-refractivity contribution in [3.8, 4) is 11.5 Å². The van der Waals surface area contributed by atoms with Crippen LogP contribution in [0.4, 0.5) is 0 Å². The second-order valence-electron chi connectivity index (χ2n) is 13.1. The van der Waals surface area contributed by atoms with E-state index in [1.807, 2.05) is 48.5 Å². The lowest BCUT2D eigenvalue weighted by Gasteiger charge is -2.32. The molecule has 0 radical (unpaired) electrons. The van der Waals surface area contributed by atoms with Crippen LogP contribution in [0.15, 0.2) is 48.5 Å². The van der Waals surface area contributed by atoms with E-state index in [4.69, 9.17) is 28.1 Å². The summed E-state index contributed by atoms with van der Waals surface area (Å²) in [5.74, 6) is 1.78. The van der Waals surface area contributed by atoms with Crippen molar-refractivity contribution in [3.05, 3.63) is 48.5 Å². The van der Waals surface area contributed by atoms with Crippen molar-refractivity contribution < 1.29 is 28.1 Å². The quantitative estimate of drug-likeness (QED) is 0.223. The first-order valence-corrected chi connectivity index (χ1v) is 15.0. The zero-order valence-corrected chi connectivity index (χ0v) is 25.9. The highest BCUT2D eigenvalue weighted by Gasteiger charge is 2.52. The Kier molecular flexibility index (Phi) is 9.66. The SMILES string of the molecule is CC1(C)OB(c2ccc(OCCCCCCCCOc3ccc(B4OC(C)(C)C(C)(C)O4)cc3)cc2)OC1(C)C. The van der Waals surface area contributed by atoms with Gasteiger partial charge in [-0.05, 0) is 103 Å². The van der Waals surface area contributed by atoms with Gasteiger partial charge in [0.1, 0.15) is 11.5 Å². The summed E-state index contributed by atoms with van der Waals surface area (Å²) in [6, 6.07) is 16.2. The summed E-state index contributed by atoms with van der Waals surface area (Å²) in [5, 5.41) is 0. The molecule has 0 aromatic heterocycles. The topological polar surface area (TPSA) is 55.4 Å². The Hall–Kier alpha value is -1.99. The summed E-state index contributed by atoms with van der Waals surface area (Å²) in [6.45, 7) is 18.0. The smallest absolute Gasteiger partial charge is 0.494 e. The van der Waals surface area contributed by atoms with E-state index in [0.29, 0.717) is 0 Å². The third-order valence-electron chi connectivity index (χ3n) is 8.89. The van der Waals surface area contributed by atoms with Crippen molar-refractivity contribution >= 4 is 25.2 Å². The van der Waals surface area contributed by atoms with E-state index >= 15 is 0 Å². The van der Waals surface area contributed by atoms with Gasteiger partial charge < -0.3 is 28.1 Å². The molecule has 0 saturated carbocycles. The van der Waals surface area contributed by atoms with Gasteiger partial charge in [0.05, 0.1) is 35.6 Å². The number of hydrogen-bond donors (Lipinski definition) is 0. The minimum atomic E-state index is -0.336. The lowest BCUT2D eigenvalue weighted by atomic mass is 9.79. The molecule has 0 amide bonds. The van der Waals surface area contributed by atoms with Gasteiger partial charge in [-0.25, -0.2) is 0 Å². The molecule has 0 unspecified atom stereocenters. The molecule has 0 atom stereocenters. The van der Waals surface area contributed by atoms with Crippen LogP contribution < -0.4 is 20.4 Å². The molecule has 4 rings (SSSR count). The molecule has 2 aromatic carbocycles. The number of rotatable bonds is 13. The molecule has 2 aromatic rings. The fourth-order valence-corrected chi connectivity index (χ4v) is 4.69. The third kappa shape index (κ3) is 7.44. The molecule has 2 heterocycles. The van der Waals surface area contributed by atoms with Gasteiger partial charge in [-0.1, -0.05) is 49.9 Å². The lowest BCUT2D eigenvalue weighted by Crippen LogP contribution is -2.41. The molecular formula is C32H48B2O6. The average Bonchev–Trinajstić information content (AvgIpc) is 3.25. The first kappa shape index (κ1) is 31.0. The van der Waals surface area contributed by atoms with Crippen LogP contribution in [0.25, 0.3) is 0 Å². The Morgan fingerprint density at radius 1 is 0.450 bits per heavy atom. The highest BCUT2D eigenvalue weighted by Crippen LogP contribution is 2.37. The number of unbranched alkanes of at least 4 members (excludes halogenated alkanes) is 5. The van der Waals surface area contributed by atoms with Gasteiger partial charge in [0.15, 0.2) is 0 Å². The zero-order chi connectivity index (χ0) is 29.0. The molecule has 0 spiro atoms. The van der Waals surface area contributed by atoms with Crippen LogP contribution in [-0.2, 0) is 18.6 Å². The van der Waals surface area contributed by atoms with E-state index < -0.39 is 0 Å². The second kappa shape index (κ2) is 12.5. The van der Waals surface area contributed by atoms with Gasteiger partial charge in [-0.3, -0.25) is 0 Å². The molecule has 2 fully saturated rings. The Balaban J connectivity index is 1.03. The minimum absolute atomic E-state index is 0.330. The van der Waals surface area contributed by atoms with Crippen molar-refractivity contribution in [2.24, 2.45) is 0 Å². The summed E-state index contributed by atoms with van der Waals surface area (Å²) < 4.78 is 36.4. The predicted molar refractivity (Wildman–Crippen MR) is 163 cm³/mol. The van der Waals surface area contributed by atoms with Crippen LogP contribution in [0, 0.1) is 0 Å². The summed E-state index contributed by atoms with van der Waals surface area (Å²) in [7, 11) is -0.671. The largest absolute Gasteiger partial charge is 0.494 e. The zero-order valence-electron chi connectivity index (χ0n) is 25.9. The van der Waals surface area contributed by atoms with Crippen LogP contribution >= 0.6 is 0 Å². The molecule has 2 aliphatic heterocycles. The van der Waals surface area contributed by atoms with Gasteiger partial charge in [0.2, 0.25) is 0 Å². The van der Waals surface area contributed by atoms with Crippen LogP contribution in [0.2, 0.25) is 0 Å². The highest BCUT2D eigenvalue weighted by molar-refractivity contribution is 6.62. The maximum atomic E-state index is 6.13. The minimum Gasteiger partial charge on any atom is -0.494 e. The van der Waals surface area contributed by atoms with Gasteiger partial charge in [0, 0.05) is 0 Å². The number of benzene rings is 2. The molecule has 6 nitrogen and oxygen atoms in total. The molecule has 0 aliphatic carbocycles. The molecule has 2 saturated heterocycles. The monoisotopic (exact) mass is 550 g/mol.